The molecule has 0 radical (unpaired) electrons. The molecule has 1 amide bonds. The van der Waals surface area contributed by atoms with E-state index in [0.29, 0.717) is 6.54 Å². The van der Waals surface area contributed by atoms with Crippen molar-refractivity contribution < 1.29 is 13.2 Å². The molecule has 2 N–H and O–H groups in total. The van der Waals surface area contributed by atoms with Gasteiger partial charge < -0.3 is 5.32 Å². The van der Waals surface area contributed by atoms with Crippen molar-refractivity contribution in [1.82, 2.24) is 10.0 Å². The molecule has 0 bridgehead atoms. The lowest BCUT2D eigenvalue weighted by Crippen LogP contribution is -2.35. The number of hydrogen-bond acceptors (Lipinski definition) is 3. The predicted molar refractivity (Wildman–Crippen MR) is 82.0 cm³/mol. The van der Waals surface area contributed by atoms with Crippen LogP contribution in [-0.4, -0.2) is 27.4 Å². The molecule has 0 aliphatic heterocycles. The number of rotatable bonds is 7. The van der Waals surface area contributed by atoms with Crippen molar-refractivity contribution in [3.63, 3.8) is 0 Å². The highest BCUT2D eigenvalue weighted by atomic mass is 32.2. The first kappa shape index (κ1) is 15.7. The van der Waals surface area contributed by atoms with Gasteiger partial charge in [-0.15, -0.1) is 0 Å². The van der Waals surface area contributed by atoms with Gasteiger partial charge in [-0.1, -0.05) is 36.4 Å². The Morgan fingerprint density at radius 3 is 2.57 bits per heavy atom. The number of carbonyl (C=O) groups is 1. The summed E-state index contributed by atoms with van der Waals surface area (Å²) in [7, 11) is -3.37. The van der Waals surface area contributed by atoms with Gasteiger partial charge >= 0.3 is 0 Å². The summed E-state index contributed by atoms with van der Waals surface area (Å²) in [5.41, 5.74) is 1.55. The Morgan fingerprint density at radius 1 is 1.14 bits per heavy atom. The maximum atomic E-state index is 11.9. The molecule has 2 rings (SSSR count). The quantitative estimate of drug-likeness (QED) is 0.746. The average molecular weight is 308 g/mol. The van der Waals surface area contributed by atoms with Crippen LogP contribution in [0.5, 0.6) is 0 Å². The van der Waals surface area contributed by atoms with Gasteiger partial charge in [0, 0.05) is 18.7 Å². The van der Waals surface area contributed by atoms with E-state index in [0.717, 1.165) is 30.4 Å². The fourth-order valence-electron chi connectivity index (χ4n) is 2.22. The Bertz CT molecular complexity index is 609. The highest BCUT2D eigenvalue weighted by Crippen LogP contribution is 2.16. The molecule has 0 spiro atoms. The Hall–Kier alpha value is -1.66. The second kappa shape index (κ2) is 7.38. The van der Waals surface area contributed by atoms with Crippen LogP contribution in [-0.2, 0) is 20.6 Å². The Labute approximate surface area is 125 Å². The van der Waals surface area contributed by atoms with Gasteiger partial charge in [0.05, 0.1) is 5.75 Å². The van der Waals surface area contributed by atoms with Gasteiger partial charge in [-0.2, -0.15) is 0 Å². The molecule has 6 heteroatoms. The topological polar surface area (TPSA) is 75.3 Å². The van der Waals surface area contributed by atoms with Gasteiger partial charge in [-0.25, -0.2) is 13.1 Å². The van der Waals surface area contributed by atoms with E-state index in [1.807, 2.05) is 12.1 Å². The second-order valence-electron chi connectivity index (χ2n) is 5.02. The molecule has 0 saturated carbocycles. The molecule has 1 aromatic rings. The van der Waals surface area contributed by atoms with Crippen molar-refractivity contribution in [1.29, 1.82) is 0 Å². The first-order valence-corrected chi connectivity index (χ1v) is 8.70. The summed E-state index contributed by atoms with van der Waals surface area (Å²) in [5, 5.41) is 2.73. The molecule has 114 valence electrons. The third-order valence-electron chi connectivity index (χ3n) is 3.26. The van der Waals surface area contributed by atoms with Crippen molar-refractivity contribution in [3.05, 3.63) is 47.5 Å². The lowest BCUT2D eigenvalue weighted by Gasteiger charge is -2.08. The van der Waals surface area contributed by atoms with E-state index in [9.17, 15) is 13.2 Å². The molecule has 0 atom stereocenters. The van der Waals surface area contributed by atoms with Crippen molar-refractivity contribution in [3.8, 4) is 0 Å². The number of amides is 1. The average Bonchev–Trinajstić information content (AvgIpc) is 2.98. The zero-order chi connectivity index (χ0) is 15.1. The van der Waals surface area contributed by atoms with Crippen LogP contribution in [0.3, 0.4) is 0 Å². The van der Waals surface area contributed by atoms with Crippen molar-refractivity contribution in [2.45, 2.75) is 25.0 Å². The largest absolute Gasteiger partial charge is 0.351 e. The predicted octanol–water partition coefficient (Wildman–Crippen LogP) is 1.33. The van der Waals surface area contributed by atoms with Crippen molar-refractivity contribution in [2.75, 3.05) is 13.1 Å². The molecule has 0 fully saturated rings. The van der Waals surface area contributed by atoms with Gasteiger partial charge in [0.1, 0.15) is 0 Å². The third kappa shape index (κ3) is 5.32. The van der Waals surface area contributed by atoms with Crippen LogP contribution in [0, 0.1) is 0 Å². The summed E-state index contributed by atoms with van der Waals surface area (Å²) in [4.78, 5) is 11.7. The first-order valence-electron chi connectivity index (χ1n) is 7.05. The molecule has 0 saturated heterocycles. The zero-order valence-corrected chi connectivity index (χ0v) is 12.7. The van der Waals surface area contributed by atoms with Crippen LogP contribution in [0.2, 0.25) is 0 Å². The summed E-state index contributed by atoms with van der Waals surface area (Å²) in [5.74, 6) is -0.137. The Balaban J connectivity index is 1.71. The van der Waals surface area contributed by atoms with Crippen LogP contribution in [0.15, 0.2) is 42.0 Å². The van der Waals surface area contributed by atoms with Crippen LogP contribution in [0.4, 0.5) is 0 Å². The summed E-state index contributed by atoms with van der Waals surface area (Å²) < 4.78 is 26.2. The number of carbonyl (C=O) groups excluding carboxylic acids is 1. The van der Waals surface area contributed by atoms with E-state index in [4.69, 9.17) is 0 Å². The van der Waals surface area contributed by atoms with Crippen LogP contribution >= 0.6 is 0 Å². The molecule has 0 unspecified atom stereocenters. The molecule has 1 aliphatic rings. The Kier molecular flexibility index (Phi) is 5.52. The SMILES string of the molecule is O=C(NCCNS(=O)(=O)Cc1ccccc1)C1=CCCC1. The normalized spacial score (nSPS) is 14.8. The summed E-state index contributed by atoms with van der Waals surface area (Å²) in [6.45, 7) is 0.498. The van der Waals surface area contributed by atoms with E-state index < -0.39 is 10.0 Å². The van der Waals surface area contributed by atoms with Gasteiger partial charge in [0.15, 0.2) is 0 Å². The number of sulfonamides is 1. The molecule has 1 aliphatic carbocycles. The number of allylic oxidation sites excluding steroid dienone is 1. The smallest absolute Gasteiger partial charge is 0.246 e. The molecular weight excluding hydrogens is 288 g/mol. The minimum absolute atomic E-state index is 0.0487. The highest BCUT2D eigenvalue weighted by Gasteiger charge is 2.13. The van der Waals surface area contributed by atoms with E-state index in [2.05, 4.69) is 10.0 Å². The molecule has 1 aromatic carbocycles. The number of nitrogens with one attached hydrogen (secondary N) is 2. The minimum Gasteiger partial charge on any atom is -0.351 e. The summed E-state index contributed by atoms with van der Waals surface area (Å²) >= 11 is 0. The van der Waals surface area contributed by atoms with Crippen molar-refractivity contribution in [2.24, 2.45) is 0 Å². The van der Waals surface area contributed by atoms with Crippen LogP contribution in [0.25, 0.3) is 0 Å². The lowest BCUT2D eigenvalue weighted by molar-refractivity contribution is -0.117. The fourth-order valence-corrected chi connectivity index (χ4v) is 3.36. The van der Waals surface area contributed by atoms with E-state index in [-0.39, 0.29) is 18.2 Å². The second-order valence-corrected chi connectivity index (χ2v) is 6.82. The first-order chi connectivity index (χ1) is 10.1. The minimum atomic E-state index is -3.37. The van der Waals surface area contributed by atoms with Crippen LogP contribution in [0.1, 0.15) is 24.8 Å². The Morgan fingerprint density at radius 2 is 1.90 bits per heavy atom. The summed E-state index contributed by atoms with van der Waals surface area (Å²) in [6.07, 6.45) is 4.72. The molecular formula is C15H20N2O3S. The van der Waals surface area contributed by atoms with Gasteiger partial charge in [-0.3, -0.25) is 4.79 Å². The van der Waals surface area contributed by atoms with Gasteiger partial charge in [-0.05, 0) is 24.8 Å². The zero-order valence-electron chi connectivity index (χ0n) is 11.8. The fraction of sp³-hybridized carbons (Fsp3) is 0.400. The van der Waals surface area contributed by atoms with Gasteiger partial charge in [0.2, 0.25) is 15.9 Å². The standard InChI is InChI=1S/C15H20N2O3S/c18-15(14-8-4-5-9-14)16-10-11-17-21(19,20)12-13-6-2-1-3-7-13/h1-3,6-8,17H,4-5,9-12H2,(H,16,18). The highest BCUT2D eigenvalue weighted by molar-refractivity contribution is 7.88. The monoisotopic (exact) mass is 308 g/mol. The molecule has 21 heavy (non-hydrogen) atoms. The van der Waals surface area contributed by atoms with Gasteiger partial charge in [0.25, 0.3) is 0 Å². The lowest BCUT2D eigenvalue weighted by atomic mass is 10.2. The summed E-state index contributed by atoms with van der Waals surface area (Å²) in [6, 6.07) is 9.00. The third-order valence-corrected chi connectivity index (χ3v) is 4.62. The number of hydrogen-bond donors (Lipinski definition) is 2. The maximum absolute atomic E-state index is 11.9. The molecule has 0 aromatic heterocycles. The van der Waals surface area contributed by atoms with Crippen LogP contribution < -0.4 is 10.0 Å². The van der Waals surface area contributed by atoms with Crippen molar-refractivity contribution >= 4 is 15.9 Å². The number of benzene rings is 1. The molecule has 0 heterocycles. The molecule has 5 nitrogen and oxygen atoms in total. The van der Waals surface area contributed by atoms with E-state index >= 15 is 0 Å². The van der Waals surface area contributed by atoms with E-state index in [1.165, 1.54) is 0 Å². The maximum Gasteiger partial charge on any atom is 0.246 e. The van der Waals surface area contributed by atoms with E-state index in [1.54, 1.807) is 24.3 Å².